The molecular weight excluding hydrogens is 252 g/mol. The molecule has 0 aromatic carbocycles. The van der Waals surface area contributed by atoms with Crippen molar-refractivity contribution >= 4 is 0 Å². The minimum atomic E-state index is -0.483. The Morgan fingerprint density at radius 3 is 2.60 bits per heavy atom. The lowest BCUT2D eigenvalue weighted by Crippen LogP contribution is -2.50. The Hall–Kier alpha value is -0.160. The highest BCUT2D eigenvalue weighted by molar-refractivity contribution is 4.84. The average Bonchev–Trinajstić information content (AvgIpc) is 2.64. The normalized spacial score (nSPS) is 28.5. The Kier molecular flexibility index (Phi) is 6.27. The molecule has 1 saturated heterocycles. The lowest BCUT2D eigenvalue weighted by atomic mass is 9.94. The summed E-state index contributed by atoms with van der Waals surface area (Å²) in [5, 5.41) is 14.1. The molecule has 118 valence electrons. The molecule has 2 fully saturated rings. The lowest BCUT2D eigenvalue weighted by Gasteiger charge is -2.36. The van der Waals surface area contributed by atoms with Gasteiger partial charge in [-0.3, -0.25) is 4.90 Å². The molecule has 1 aliphatic heterocycles. The highest BCUT2D eigenvalue weighted by Gasteiger charge is 2.28. The van der Waals surface area contributed by atoms with Crippen LogP contribution in [0.15, 0.2) is 0 Å². The van der Waals surface area contributed by atoms with Crippen molar-refractivity contribution in [1.82, 2.24) is 10.2 Å². The Morgan fingerprint density at radius 1 is 1.25 bits per heavy atom. The predicted octanol–water partition coefficient (Wildman–Crippen LogP) is 1.77. The third-order valence-corrected chi connectivity index (χ3v) is 4.76. The highest BCUT2D eigenvalue weighted by Crippen LogP contribution is 2.26. The smallest absolute Gasteiger partial charge is 0.0826 e. The van der Waals surface area contributed by atoms with Crippen LogP contribution in [0.3, 0.4) is 0 Å². The van der Waals surface area contributed by atoms with Crippen molar-refractivity contribution in [2.45, 2.75) is 70.1 Å². The Labute approximate surface area is 123 Å². The summed E-state index contributed by atoms with van der Waals surface area (Å²) in [6.45, 7) is 8.92. The number of nitrogens with zero attached hydrogens (tertiary/aromatic N) is 1. The van der Waals surface area contributed by atoms with Gasteiger partial charge >= 0.3 is 0 Å². The summed E-state index contributed by atoms with van der Waals surface area (Å²) >= 11 is 0. The van der Waals surface area contributed by atoms with E-state index in [0.717, 1.165) is 39.1 Å². The summed E-state index contributed by atoms with van der Waals surface area (Å²) in [4.78, 5) is 2.47. The molecule has 4 nitrogen and oxygen atoms in total. The fourth-order valence-corrected chi connectivity index (χ4v) is 3.36. The summed E-state index contributed by atoms with van der Waals surface area (Å²) < 4.78 is 5.82. The van der Waals surface area contributed by atoms with Crippen molar-refractivity contribution in [3.8, 4) is 0 Å². The molecular formula is C16H32N2O2. The first-order chi connectivity index (χ1) is 9.59. The van der Waals surface area contributed by atoms with Crippen LogP contribution in [0.4, 0.5) is 0 Å². The minimum absolute atomic E-state index is 0.264. The first-order valence-electron chi connectivity index (χ1n) is 8.38. The van der Waals surface area contributed by atoms with E-state index in [0.29, 0.717) is 12.6 Å². The first-order valence-corrected chi connectivity index (χ1v) is 8.38. The van der Waals surface area contributed by atoms with Crippen LogP contribution < -0.4 is 5.32 Å². The number of hydrogen-bond donors (Lipinski definition) is 2. The van der Waals surface area contributed by atoms with Crippen molar-refractivity contribution in [3.63, 3.8) is 0 Å². The van der Waals surface area contributed by atoms with Gasteiger partial charge in [0.15, 0.2) is 0 Å². The van der Waals surface area contributed by atoms with Crippen molar-refractivity contribution in [2.24, 2.45) is 0 Å². The van der Waals surface area contributed by atoms with Gasteiger partial charge in [0.05, 0.1) is 18.3 Å². The molecule has 2 aliphatic rings. The summed E-state index contributed by atoms with van der Waals surface area (Å²) in [7, 11) is 0. The van der Waals surface area contributed by atoms with Crippen molar-refractivity contribution in [1.29, 1.82) is 0 Å². The first kappa shape index (κ1) is 16.2. The molecule has 0 bridgehead atoms. The number of rotatable bonds is 5. The molecule has 1 saturated carbocycles. The molecule has 4 heteroatoms. The van der Waals surface area contributed by atoms with E-state index in [9.17, 15) is 5.11 Å². The van der Waals surface area contributed by atoms with Gasteiger partial charge in [-0.2, -0.15) is 0 Å². The van der Waals surface area contributed by atoms with Gasteiger partial charge < -0.3 is 15.2 Å². The molecule has 0 spiro atoms. The molecule has 1 unspecified atom stereocenters. The number of hydrogen-bond acceptors (Lipinski definition) is 4. The second-order valence-electron chi connectivity index (χ2n) is 6.85. The topological polar surface area (TPSA) is 44.7 Å². The highest BCUT2D eigenvalue weighted by atomic mass is 16.5. The van der Waals surface area contributed by atoms with Crippen molar-refractivity contribution < 1.29 is 9.84 Å². The zero-order chi connectivity index (χ0) is 14.4. The molecule has 0 amide bonds. The molecule has 20 heavy (non-hydrogen) atoms. The van der Waals surface area contributed by atoms with Gasteiger partial charge in [0.1, 0.15) is 0 Å². The third-order valence-electron chi connectivity index (χ3n) is 4.76. The lowest BCUT2D eigenvalue weighted by molar-refractivity contribution is -0.0411. The van der Waals surface area contributed by atoms with Gasteiger partial charge in [-0.25, -0.2) is 0 Å². The van der Waals surface area contributed by atoms with E-state index < -0.39 is 5.60 Å². The van der Waals surface area contributed by atoms with Crippen LogP contribution in [0.2, 0.25) is 0 Å². The van der Waals surface area contributed by atoms with Crippen molar-refractivity contribution in [3.05, 3.63) is 0 Å². The van der Waals surface area contributed by atoms with Crippen molar-refractivity contribution in [2.75, 3.05) is 32.8 Å². The minimum Gasteiger partial charge on any atom is -0.389 e. The Balaban J connectivity index is 1.69. The van der Waals surface area contributed by atoms with E-state index in [4.69, 9.17) is 4.74 Å². The molecule has 0 aromatic rings. The van der Waals surface area contributed by atoms with E-state index in [1.165, 1.54) is 25.7 Å². The molecule has 2 N–H and O–H groups in total. The summed E-state index contributed by atoms with van der Waals surface area (Å²) in [6.07, 6.45) is 7.04. The van der Waals surface area contributed by atoms with E-state index >= 15 is 0 Å². The van der Waals surface area contributed by atoms with Gasteiger partial charge in [-0.15, -0.1) is 0 Å². The van der Waals surface area contributed by atoms with E-state index in [-0.39, 0.29) is 6.10 Å². The quantitative estimate of drug-likeness (QED) is 0.755. The zero-order valence-corrected chi connectivity index (χ0v) is 13.2. The number of morpholine rings is 1. The molecule has 1 aliphatic carbocycles. The van der Waals surface area contributed by atoms with Gasteiger partial charge in [0, 0.05) is 32.2 Å². The van der Waals surface area contributed by atoms with Crippen LogP contribution in [0, 0.1) is 0 Å². The third kappa shape index (κ3) is 4.99. The SMILES string of the molecule is CC(C)N1CCOC(CNCC2(O)CCCCCC2)C1. The Bertz CT molecular complexity index is 276. The van der Waals surface area contributed by atoms with Gasteiger partial charge in [0.25, 0.3) is 0 Å². The largest absolute Gasteiger partial charge is 0.389 e. The second-order valence-corrected chi connectivity index (χ2v) is 6.85. The number of nitrogens with one attached hydrogen (secondary N) is 1. The van der Waals surface area contributed by atoms with Gasteiger partial charge in [-0.05, 0) is 26.7 Å². The number of ether oxygens (including phenoxy) is 1. The molecule has 1 heterocycles. The van der Waals surface area contributed by atoms with Gasteiger partial charge in [0.2, 0.25) is 0 Å². The predicted molar refractivity (Wildman–Crippen MR) is 82.0 cm³/mol. The number of aliphatic hydroxyl groups is 1. The van der Waals surface area contributed by atoms with Crippen LogP contribution in [0.1, 0.15) is 52.4 Å². The Morgan fingerprint density at radius 2 is 1.95 bits per heavy atom. The maximum absolute atomic E-state index is 10.6. The monoisotopic (exact) mass is 284 g/mol. The van der Waals surface area contributed by atoms with E-state index in [2.05, 4.69) is 24.1 Å². The average molecular weight is 284 g/mol. The summed E-state index contributed by atoms with van der Waals surface area (Å²) in [6, 6.07) is 0.590. The fourth-order valence-electron chi connectivity index (χ4n) is 3.36. The van der Waals surface area contributed by atoms with E-state index in [1.807, 2.05) is 0 Å². The van der Waals surface area contributed by atoms with Crippen LogP contribution in [-0.4, -0.2) is 60.5 Å². The standard InChI is InChI=1S/C16H32N2O2/c1-14(2)18-9-10-20-15(12-18)11-17-13-16(19)7-5-3-4-6-8-16/h14-15,17,19H,3-13H2,1-2H3. The zero-order valence-electron chi connectivity index (χ0n) is 13.2. The molecule has 1 atom stereocenters. The molecule has 0 aromatic heterocycles. The molecule has 0 radical (unpaired) electrons. The van der Waals surface area contributed by atoms with Crippen LogP contribution in [-0.2, 0) is 4.74 Å². The maximum atomic E-state index is 10.6. The van der Waals surface area contributed by atoms with Crippen LogP contribution >= 0.6 is 0 Å². The van der Waals surface area contributed by atoms with Gasteiger partial charge in [-0.1, -0.05) is 25.7 Å². The molecule has 2 rings (SSSR count). The second kappa shape index (κ2) is 7.74. The summed E-state index contributed by atoms with van der Waals surface area (Å²) in [5.74, 6) is 0. The summed E-state index contributed by atoms with van der Waals surface area (Å²) in [5.41, 5.74) is -0.483. The van der Waals surface area contributed by atoms with Crippen LogP contribution in [0.5, 0.6) is 0 Å². The van der Waals surface area contributed by atoms with Crippen LogP contribution in [0.25, 0.3) is 0 Å². The maximum Gasteiger partial charge on any atom is 0.0826 e. The fraction of sp³-hybridized carbons (Fsp3) is 1.00. The van der Waals surface area contributed by atoms with E-state index in [1.54, 1.807) is 0 Å².